The van der Waals surface area contributed by atoms with Crippen LogP contribution in [0.5, 0.6) is 5.75 Å². The molecule has 6 nitrogen and oxygen atoms in total. The lowest BCUT2D eigenvalue weighted by Gasteiger charge is -2.11. The van der Waals surface area contributed by atoms with Crippen molar-refractivity contribution in [1.82, 2.24) is 9.78 Å². The minimum atomic E-state index is -0.240. The van der Waals surface area contributed by atoms with Crippen molar-refractivity contribution < 1.29 is 9.53 Å². The Morgan fingerprint density at radius 1 is 0.833 bits per heavy atom. The molecule has 0 bridgehead atoms. The van der Waals surface area contributed by atoms with Gasteiger partial charge in [0.1, 0.15) is 11.6 Å². The van der Waals surface area contributed by atoms with Gasteiger partial charge in [0, 0.05) is 17.4 Å². The Balaban J connectivity index is 1.29. The molecule has 30 heavy (non-hydrogen) atoms. The van der Waals surface area contributed by atoms with Gasteiger partial charge in [-0.15, -0.1) is 0 Å². The molecule has 0 aliphatic rings. The van der Waals surface area contributed by atoms with Crippen molar-refractivity contribution >= 4 is 23.1 Å². The van der Waals surface area contributed by atoms with E-state index in [1.165, 1.54) is 0 Å². The van der Waals surface area contributed by atoms with E-state index < -0.39 is 0 Å². The molecule has 6 heteroatoms. The summed E-state index contributed by atoms with van der Waals surface area (Å²) in [4.78, 5) is 12.3. The lowest BCUT2D eigenvalue weighted by molar-refractivity contribution is -0.118. The summed E-state index contributed by atoms with van der Waals surface area (Å²) in [5, 5.41) is 10.4. The molecule has 1 amide bonds. The Morgan fingerprint density at radius 3 is 2.23 bits per heavy atom. The summed E-state index contributed by atoms with van der Waals surface area (Å²) in [6, 6.07) is 29.1. The smallest absolute Gasteiger partial charge is 0.263 e. The van der Waals surface area contributed by atoms with E-state index in [0.717, 1.165) is 16.9 Å². The number of benzene rings is 3. The highest BCUT2D eigenvalue weighted by Gasteiger charge is 2.09. The number of hydrogen-bond donors (Lipinski definition) is 2. The zero-order valence-corrected chi connectivity index (χ0v) is 16.4. The van der Waals surface area contributed by atoms with Gasteiger partial charge < -0.3 is 15.4 Å². The van der Waals surface area contributed by atoms with E-state index in [9.17, 15) is 4.79 Å². The summed E-state index contributed by atoms with van der Waals surface area (Å²) >= 11 is 0. The number of hydrogen-bond acceptors (Lipinski definition) is 4. The summed E-state index contributed by atoms with van der Waals surface area (Å²) in [5.74, 6) is 1.02. The SMILES string of the molecule is O=C(COc1ccc(Nc2ccccc2)cc1)Nc1ccnn1Cc1ccccc1. The molecule has 0 spiro atoms. The molecule has 0 atom stereocenters. The maximum Gasteiger partial charge on any atom is 0.263 e. The average molecular weight is 398 g/mol. The van der Waals surface area contributed by atoms with Crippen LogP contribution in [0.15, 0.2) is 97.2 Å². The zero-order chi connectivity index (χ0) is 20.6. The van der Waals surface area contributed by atoms with E-state index in [-0.39, 0.29) is 12.5 Å². The second kappa shape index (κ2) is 9.43. The number of para-hydroxylation sites is 1. The third-order valence-electron chi connectivity index (χ3n) is 4.45. The lowest BCUT2D eigenvalue weighted by atomic mass is 10.2. The molecule has 0 saturated heterocycles. The highest BCUT2D eigenvalue weighted by molar-refractivity contribution is 5.91. The maximum absolute atomic E-state index is 12.3. The summed E-state index contributed by atoms with van der Waals surface area (Å²) in [6.07, 6.45) is 1.66. The first-order valence-corrected chi connectivity index (χ1v) is 9.67. The van der Waals surface area contributed by atoms with Gasteiger partial charge in [-0.1, -0.05) is 48.5 Å². The Kier molecular flexibility index (Phi) is 6.05. The van der Waals surface area contributed by atoms with Crippen LogP contribution in [0.3, 0.4) is 0 Å². The summed E-state index contributed by atoms with van der Waals surface area (Å²) in [6.45, 7) is 0.502. The van der Waals surface area contributed by atoms with E-state index in [1.807, 2.05) is 84.9 Å². The number of rotatable bonds is 8. The molecule has 4 aromatic rings. The van der Waals surface area contributed by atoms with Gasteiger partial charge in [-0.25, -0.2) is 4.68 Å². The highest BCUT2D eigenvalue weighted by Crippen LogP contribution is 2.20. The first-order valence-electron chi connectivity index (χ1n) is 9.67. The molecule has 4 rings (SSSR count). The van der Waals surface area contributed by atoms with Crippen LogP contribution in [-0.4, -0.2) is 22.3 Å². The van der Waals surface area contributed by atoms with Crippen LogP contribution in [0, 0.1) is 0 Å². The molecule has 150 valence electrons. The highest BCUT2D eigenvalue weighted by atomic mass is 16.5. The van der Waals surface area contributed by atoms with Gasteiger partial charge in [-0.3, -0.25) is 4.79 Å². The molecule has 2 N–H and O–H groups in total. The van der Waals surface area contributed by atoms with Gasteiger partial charge in [-0.2, -0.15) is 5.10 Å². The van der Waals surface area contributed by atoms with Crippen molar-refractivity contribution in [3.05, 3.63) is 103 Å². The predicted octanol–water partition coefficient (Wildman–Crippen LogP) is 4.69. The van der Waals surface area contributed by atoms with E-state index in [4.69, 9.17) is 4.74 Å². The van der Waals surface area contributed by atoms with Crippen LogP contribution < -0.4 is 15.4 Å². The van der Waals surface area contributed by atoms with E-state index >= 15 is 0 Å². The number of nitrogens with one attached hydrogen (secondary N) is 2. The zero-order valence-electron chi connectivity index (χ0n) is 16.4. The fraction of sp³-hybridized carbons (Fsp3) is 0.0833. The van der Waals surface area contributed by atoms with E-state index in [0.29, 0.717) is 18.1 Å². The number of aromatic nitrogens is 2. The second-order valence-electron chi connectivity index (χ2n) is 6.71. The van der Waals surface area contributed by atoms with Crippen LogP contribution in [0.25, 0.3) is 0 Å². The molecule has 1 aromatic heterocycles. The van der Waals surface area contributed by atoms with Crippen LogP contribution in [0.2, 0.25) is 0 Å². The molecule has 0 unspecified atom stereocenters. The monoisotopic (exact) mass is 398 g/mol. The standard InChI is InChI=1S/C24H22N4O2/c29-24(27-23-15-16-25-28(23)17-19-7-3-1-4-8-19)18-30-22-13-11-21(12-14-22)26-20-9-5-2-6-10-20/h1-16,26H,17-18H2,(H,27,29). The van der Waals surface area contributed by atoms with Gasteiger partial charge in [0.15, 0.2) is 6.61 Å². The van der Waals surface area contributed by atoms with Gasteiger partial charge in [-0.05, 0) is 42.0 Å². The molecule has 0 fully saturated rings. The van der Waals surface area contributed by atoms with Crippen molar-refractivity contribution in [3.8, 4) is 5.75 Å². The van der Waals surface area contributed by atoms with E-state index in [2.05, 4.69) is 15.7 Å². The Bertz CT molecular complexity index is 1080. The van der Waals surface area contributed by atoms with Crippen LogP contribution in [0.4, 0.5) is 17.2 Å². The number of anilines is 3. The van der Waals surface area contributed by atoms with Gasteiger partial charge in [0.05, 0.1) is 12.7 Å². The fourth-order valence-corrected chi connectivity index (χ4v) is 2.97. The largest absolute Gasteiger partial charge is 0.484 e. The van der Waals surface area contributed by atoms with Crippen molar-refractivity contribution in [2.75, 3.05) is 17.2 Å². The Hall–Kier alpha value is -4.06. The third-order valence-corrected chi connectivity index (χ3v) is 4.45. The minimum Gasteiger partial charge on any atom is -0.484 e. The van der Waals surface area contributed by atoms with Crippen LogP contribution in [0.1, 0.15) is 5.56 Å². The lowest BCUT2D eigenvalue weighted by Crippen LogP contribution is -2.22. The van der Waals surface area contributed by atoms with Crippen molar-refractivity contribution in [1.29, 1.82) is 0 Å². The normalized spacial score (nSPS) is 10.4. The van der Waals surface area contributed by atoms with Crippen molar-refractivity contribution in [3.63, 3.8) is 0 Å². The van der Waals surface area contributed by atoms with Crippen LogP contribution in [-0.2, 0) is 11.3 Å². The quantitative estimate of drug-likeness (QED) is 0.452. The first-order chi connectivity index (χ1) is 14.8. The Labute approximate surface area is 175 Å². The number of carbonyl (C=O) groups is 1. The number of nitrogens with zero attached hydrogens (tertiary/aromatic N) is 2. The molecular formula is C24H22N4O2. The van der Waals surface area contributed by atoms with E-state index in [1.54, 1.807) is 16.9 Å². The number of ether oxygens (including phenoxy) is 1. The van der Waals surface area contributed by atoms with Crippen molar-refractivity contribution in [2.45, 2.75) is 6.54 Å². The first kappa shape index (κ1) is 19.3. The fourth-order valence-electron chi connectivity index (χ4n) is 2.97. The molecule has 1 heterocycles. The summed E-state index contributed by atoms with van der Waals surface area (Å²) in [5.41, 5.74) is 3.07. The minimum absolute atomic E-state index is 0.0814. The van der Waals surface area contributed by atoms with Gasteiger partial charge >= 0.3 is 0 Å². The van der Waals surface area contributed by atoms with Crippen LogP contribution >= 0.6 is 0 Å². The molecule has 0 saturated carbocycles. The summed E-state index contributed by atoms with van der Waals surface area (Å²) in [7, 11) is 0. The van der Waals surface area contributed by atoms with Gasteiger partial charge in [0.25, 0.3) is 5.91 Å². The molecule has 3 aromatic carbocycles. The predicted molar refractivity (Wildman–Crippen MR) is 118 cm³/mol. The molecule has 0 aliphatic heterocycles. The van der Waals surface area contributed by atoms with Gasteiger partial charge in [0.2, 0.25) is 0 Å². The number of amides is 1. The second-order valence-corrected chi connectivity index (χ2v) is 6.71. The maximum atomic E-state index is 12.3. The number of carbonyl (C=O) groups excluding carboxylic acids is 1. The van der Waals surface area contributed by atoms with Crippen molar-refractivity contribution in [2.24, 2.45) is 0 Å². The Morgan fingerprint density at radius 2 is 1.50 bits per heavy atom. The molecule has 0 radical (unpaired) electrons. The topological polar surface area (TPSA) is 68.2 Å². The average Bonchev–Trinajstić information content (AvgIpc) is 3.21. The third kappa shape index (κ3) is 5.26. The molecule has 0 aliphatic carbocycles. The summed E-state index contributed by atoms with van der Waals surface area (Å²) < 4.78 is 7.36. The molecular weight excluding hydrogens is 376 g/mol.